The molecular weight excluding hydrogens is 328 g/mol. The van der Waals surface area contributed by atoms with Crippen LogP contribution in [-0.2, 0) is 5.67 Å². The summed E-state index contributed by atoms with van der Waals surface area (Å²) >= 11 is 0. The van der Waals surface area contributed by atoms with Crippen LogP contribution in [0.15, 0.2) is 41.2 Å². The second-order valence-corrected chi connectivity index (χ2v) is 6.13. The van der Waals surface area contributed by atoms with Crippen molar-refractivity contribution in [3.8, 4) is 11.4 Å². The predicted octanol–water partition coefficient (Wildman–Crippen LogP) is 3.05. The van der Waals surface area contributed by atoms with Crippen molar-refractivity contribution in [1.29, 1.82) is 0 Å². The van der Waals surface area contributed by atoms with Crippen molar-refractivity contribution >= 4 is 5.95 Å². The Kier molecular flexibility index (Phi) is 3.67. The molecule has 1 unspecified atom stereocenters. The van der Waals surface area contributed by atoms with Crippen LogP contribution >= 0.6 is 0 Å². The zero-order chi connectivity index (χ0) is 17.4. The highest BCUT2D eigenvalue weighted by Crippen LogP contribution is 2.37. The van der Waals surface area contributed by atoms with E-state index in [9.17, 15) is 4.39 Å². The van der Waals surface area contributed by atoms with E-state index in [0.717, 1.165) is 5.56 Å². The van der Waals surface area contributed by atoms with Crippen molar-refractivity contribution in [3.05, 3.63) is 53.9 Å². The van der Waals surface area contributed by atoms with Gasteiger partial charge in [-0.2, -0.15) is 4.98 Å². The first-order valence-corrected chi connectivity index (χ1v) is 7.86. The summed E-state index contributed by atoms with van der Waals surface area (Å²) in [7, 11) is 0. The summed E-state index contributed by atoms with van der Waals surface area (Å²) in [5.74, 6) is 0.265. The van der Waals surface area contributed by atoms with Gasteiger partial charge in [-0.15, -0.1) is 0 Å². The third-order valence-electron chi connectivity index (χ3n) is 4.18. The third kappa shape index (κ3) is 2.95. The van der Waals surface area contributed by atoms with E-state index in [1.807, 2.05) is 6.92 Å². The van der Waals surface area contributed by atoms with Gasteiger partial charge in [-0.25, -0.2) is 18.7 Å². The molecule has 1 aromatic carbocycles. The van der Waals surface area contributed by atoms with E-state index < -0.39 is 5.67 Å². The summed E-state index contributed by atoms with van der Waals surface area (Å²) in [5.41, 5.74) is -0.258. The fourth-order valence-corrected chi connectivity index (χ4v) is 2.79. The normalized spacial score (nSPS) is 20.2. The second kappa shape index (κ2) is 5.87. The Morgan fingerprint density at radius 2 is 1.88 bits per heavy atom. The van der Waals surface area contributed by atoms with Gasteiger partial charge in [0.25, 0.3) is 5.89 Å². The molecule has 4 rings (SSSR count). The average Bonchev–Trinajstić information content (AvgIpc) is 3.25. The largest absolute Gasteiger partial charge is 0.337 e. The summed E-state index contributed by atoms with van der Waals surface area (Å²) in [6.07, 6.45) is 3.59. The zero-order valence-corrected chi connectivity index (χ0v) is 13.5. The number of alkyl halides is 1. The number of hydrogen-bond acceptors (Lipinski definition) is 6. The predicted molar refractivity (Wildman–Crippen MR) is 86.1 cm³/mol. The number of aromatic nitrogens is 4. The number of aryl methyl sites for hydroxylation is 1. The van der Waals surface area contributed by atoms with E-state index in [1.54, 1.807) is 17.3 Å². The first kappa shape index (κ1) is 15.6. The SMILES string of the molecule is Cc1cnc(N2CCC(F)(c3nc(-c4ccc(F)cc4)no3)C2)nc1. The van der Waals surface area contributed by atoms with Crippen molar-refractivity contribution in [3.63, 3.8) is 0 Å². The van der Waals surface area contributed by atoms with Crippen LogP contribution in [0.5, 0.6) is 0 Å². The maximum atomic E-state index is 15.3. The van der Waals surface area contributed by atoms with Crippen molar-refractivity contribution in [2.75, 3.05) is 18.0 Å². The molecule has 1 aliphatic rings. The van der Waals surface area contributed by atoms with Crippen LogP contribution < -0.4 is 4.90 Å². The maximum Gasteiger partial charge on any atom is 0.266 e. The molecule has 0 bridgehead atoms. The summed E-state index contributed by atoms with van der Waals surface area (Å²) in [6, 6.07) is 5.64. The Morgan fingerprint density at radius 1 is 1.16 bits per heavy atom. The standard InChI is InChI=1S/C17H15F2N5O/c1-11-8-20-16(21-9-11)24-7-6-17(19,10-24)15-22-14(23-25-15)12-2-4-13(18)5-3-12/h2-5,8-9H,6-7,10H2,1H3. The van der Waals surface area contributed by atoms with Crippen LogP contribution in [0.25, 0.3) is 11.4 Å². The van der Waals surface area contributed by atoms with E-state index in [4.69, 9.17) is 4.52 Å². The minimum atomic E-state index is -1.76. The first-order valence-electron chi connectivity index (χ1n) is 7.86. The van der Waals surface area contributed by atoms with Gasteiger partial charge in [0, 0.05) is 30.9 Å². The fraction of sp³-hybridized carbons (Fsp3) is 0.294. The lowest BCUT2D eigenvalue weighted by Crippen LogP contribution is -2.28. The topological polar surface area (TPSA) is 67.9 Å². The maximum absolute atomic E-state index is 15.3. The molecule has 1 aliphatic heterocycles. The number of anilines is 1. The molecule has 25 heavy (non-hydrogen) atoms. The molecule has 1 saturated heterocycles. The second-order valence-electron chi connectivity index (χ2n) is 6.13. The number of rotatable bonds is 3. The van der Waals surface area contributed by atoms with E-state index in [2.05, 4.69) is 20.1 Å². The van der Waals surface area contributed by atoms with E-state index in [0.29, 0.717) is 18.1 Å². The Balaban J connectivity index is 1.55. The molecule has 3 aromatic rings. The van der Waals surface area contributed by atoms with Crippen LogP contribution in [0.1, 0.15) is 17.9 Å². The Bertz CT molecular complexity index is 881. The fourth-order valence-electron chi connectivity index (χ4n) is 2.79. The smallest absolute Gasteiger partial charge is 0.266 e. The molecule has 3 heterocycles. The molecule has 0 saturated carbocycles. The third-order valence-corrected chi connectivity index (χ3v) is 4.18. The quantitative estimate of drug-likeness (QED) is 0.728. The van der Waals surface area contributed by atoms with E-state index in [-0.39, 0.29) is 30.5 Å². The van der Waals surface area contributed by atoms with Crippen LogP contribution in [0.3, 0.4) is 0 Å². The summed E-state index contributed by atoms with van der Waals surface area (Å²) in [6.45, 7) is 2.39. The highest BCUT2D eigenvalue weighted by molar-refractivity contribution is 5.54. The van der Waals surface area contributed by atoms with Crippen LogP contribution in [0, 0.1) is 12.7 Å². The summed E-state index contributed by atoms with van der Waals surface area (Å²) in [4.78, 5) is 14.4. The molecule has 6 nitrogen and oxygen atoms in total. The molecule has 1 fully saturated rings. The highest BCUT2D eigenvalue weighted by Gasteiger charge is 2.45. The van der Waals surface area contributed by atoms with Crippen molar-refractivity contribution in [2.24, 2.45) is 0 Å². The minimum absolute atomic E-state index is 0.0428. The van der Waals surface area contributed by atoms with Gasteiger partial charge >= 0.3 is 0 Å². The molecular formula is C17H15F2N5O. The lowest BCUT2D eigenvalue weighted by molar-refractivity contribution is 0.136. The molecule has 8 heteroatoms. The van der Waals surface area contributed by atoms with Gasteiger partial charge in [0.05, 0.1) is 6.54 Å². The molecule has 0 spiro atoms. The van der Waals surface area contributed by atoms with Gasteiger partial charge in [0.1, 0.15) is 5.82 Å². The number of halogens is 2. The minimum Gasteiger partial charge on any atom is -0.337 e. The van der Waals surface area contributed by atoms with Gasteiger partial charge in [-0.1, -0.05) is 5.16 Å². The lowest BCUT2D eigenvalue weighted by atomic mass is 10.1. The van der Waals surface area contributed by atoms with E-state index >= 15 is 4.39 Å². The lowest BCUT2D eigenvalue weighted by Gasteiger charge is -2.17. The van der Waals surface area contributed by atoms with Gasteiger partial charge in [-0.05, 0) is 36.8 Å². The molecule has 2 aromatic heterocycles. The molecule has 128 valence electrons. The first-order chi connectivity index (χ1) is 12.0. The number of benzene rings is 1. The Morgan fingerprint density at radius 3 is 2.60 bits per heavy atom. The van der Waals surface area contributed by atoms with Gasteiger partial charge < -0.3 is 9.42 Å². The summed E-state index contributed by atoms with van der Waals surface area (Å²) in [5, 5.41) is 3.82. The number of hydrogen-bond donors (Lipinski definition) is 0. The van der Waals surface area contributed by atoms with Crippen molar-refractivity contribution in [2.45, 2.75) is 19.0 Å². The molecule has 0 aliphatic carbocycles. The molecule has 0 N–H and O–H groups in total. The molecule has 0 radical (unpaired) electrons. The van der Waals surface area contributed by atoms with Crippen molar-refractivity contribution < 1.29 is 13.3 Å². The number of nitrogens with zero attached hydrogens (tertiary/aromatic N) is 5. The van der Waals surface area contributed by atoms with Crippen LogP contribution in [-0.4, -0.2) is 33.2 Å². The highest BCUT2D eigenvalue weighted by atomic mass is 19.1. The molecule has 1 atom stereocenters. The van der Waals surface area contributed by atoms with Crippen molar-refractivity contribution in [1.82, 2.24) is 20.1 Å². The Hall–Kier alpha value is -2.90. The average molecular weight is 343 g/mol. The van der Waals surface area contributed by atoms with Gasteiger partial charge in [0.15, 0.2) is 0 Å². The van der Waals surface area contributed by atoms with Crippen LogP contribution in [0.2, 0.25) is 0 Å². The van der Waals surface area contributed by atoms with E-state index in [1.165, 1.54) is 24.3 Å². The molecule has 0 amide bonds. The van der Waals surface area contributed by atoms with Crippen LogP contribution in [0.4, 0.5) is 14.7 Å². The van der Waals surface area contributed by atoms with Gasteiger partial charge in [-0.3, -0.25) is 0 Å². The Labute approximate surface area is 142 Å². The zero-order valence-electron chi connectivity index (χ0n) is 13.5. The summed E-state index contributed by atoms with van der Waals surface area (Å²) < 4.78 is 33.4. The van der Waals surface area contributed by atoms with Gasteiger partial charge in [0.2, 0.25) is 17.4 Å². The monoisotopic (exact) mass is 343 g/mol.